The highest BCUT2D eigenvalue weighted by Gasteiger charge is 2.51. The minimum atomic E-state index is -4.71. The fourth-order valence-corrected chi connectivity index (χ4v) is 5.49. The molecule has 0 bridgehead atoms. The Kier molecular flexibility index (Phi) is 8.70. The number of aliphatic hydroxyl groups is 3. The maximum Gasteiger partial charge on any atom is 0.416 e. The van der Waals surface area contributed by atoms with Gasteiger partial charge in [-0.15, -0.1) is 0 Å². The third kappa shape index (κ3) is 6.09. The molecule has 35 heavy (non-hydrogen) atoms. The molecule has 2 aliphatic rings. The summed E-state index contributed by atoms with van der Waals surface area (Å²) in [5, 5.41) is 31.7. The van der Waals surface area contributed by atoms with E-state index in [0.29, 0.717) is 25.3 Å². The summed E-state index contributed by atoms with van der Waals surface area (Å²) in [4.78, 5) is 11.2. The Morgan fingerprint density at radius 1 is 1.14 bits per heavy atom. The summed E-state index contributed by atoms with van der Waals surface area (Å²) in [6.07, 6.45) is -2.31. The first-order valence-electron chi connectivity index (χ1n) is 12.1. The average molecular weight is 507 g/mol. The number of aliphatic hydroxyl groups excluding tert-OH is 3. The smallest absolute Gasteiger partial charge is 0.416 e. The molecule has 0 aromatic heterocycles. The predicted molar refractivity (Wildman–Crippen MR) is 118 cm³/mol. The SMILES string of the molecule is COC(=O)CCCCCC[C@@H]1C(CCC(O)C2(C)Oc3cc(C(F)(F)F)cc(F)c32)[C@H](O)C[C@@H]1O. The first-order valence-corrected chi connectivity index (χ1v) is 12.1. The van der Waals surface area contributed by atoms with Crippen molar-refractivity contribution >= 4 is 5.97 Å². The molecule has 6 atom stereocenters. The highest BCUT2D eigenvalue weighted by Crippen LogP contribution is 2.51. The molecule has 6 nitrogen and oxygen atoms in total. The monoisotopic (exact) mass is 506 g/mol. The highest BCUT2D eigenvalue weighted by atomic mass is 19.4. The summed E-state index contributed by atoms with van der Waals surface area (Å²) in [5.74, 6) is -1.99. The maximum atomic E-state index is 14.5. The third-order valence-corrected chi connectivity index (χ3v) is 7.53. The number of carbonyl (C=O) groups excluding carboxylic acids is 1. The van der Waals surface area contributed by atoms with Crippen molar-refractivity contribution in [3.8, 4) is 5.75 Å². The molecule has 1 aromatic carbocycles. The second-order valence-electron chi connectivity index (χ2n) is 9.86. The summed E-state index contributed by atoms with van der Waals surface area (Å²) < 4.78 is 63.3. The van der Waals surface area contributed by atoms with Crippen molar-refractivity contribution in [1.29, 1.82) is 0 Å². The molecule has 0 amide bonds. The number of halogens is 4. The maximum absolute atomic E-state index is 14.5. The normalized spacial score (nSPS) is 28.7. The lowest BCUT2D eigenvalue weighted by molar-refractivity contribution is -0.141. The van der Waals surface area contributed by atoms with Gasteiger partial charge in [0.15, 0.2) is 5.60 Å². The van der Waals surface area contributed by atoms with E-state index in [0.717, 1.165) is 31.7 Å². The van der Waals surface area contributed by atoms with Gasteiger partial charge in [0.05, 0.1) is 36.5 Å². The molecule has 1 aliphatic carbocycles. The number of ether oxygens (including phenoxy) is 2. The number of rotatable bonds is 11. The van der Waals surface area contributed by atoms with Crippen LogP contribution in [-0.4, -0.2) is 46.7 Å². The molecule has 1 saturated carbocycles. The van der Waals surface area contributed by atoms with Gasteiger partial charge in [-0.3, -0.25) is 4.79 Å². The summed E-state index contributed by atoms with van der Waals surface area (Å²) >= 11 is 0. The average Bonchev–Trinajstić information content (AvgIpc) is 3.03. The number of hydrogen-bond donors (Lipinski definition) is 3. The van der Waals surface area contributed by atoms with E-state index in [1.165, 1.54) is 14.0 Å². The number of esters is 1. The van der Waals surface area contributed by atoms with Crippen LogP contribution in [-0.2, 0) is 21.3 Å². The van der Waals surface area contributed by atoms with Gasteiger partial charge in [-0.25, -0.2) is 4.39 Å². The van der Waals surface area contributed by atoms with Crippen LogP contribution in [0.15, 0.2) is 12.1 Å². The lowest BCUT2D eigenvalue weighted by atomic mass is 9.78. The summed E-state index contributed by atoms with van der Waals surface area (Å²) in [7, 11) is 1.35. The number of benzene rings is 1. The lowest BCUT2D eigenvalue weighted by Crippen LogP contribution is -2.50. The van der Waals surface area contributed by atoms with E-state index in [4.69, 9.17) is 4.74 Å². The molecule has 3 unspecified atom stereocenters. The van der Waals surface area contributed by atoms with Crippen LogP contribution in [0.2, 0.25) is 0 Å². The molecular formula is C25H34F4O6. The number of alkyl halides is 3. The minimum absolute atomic E-state index is 0.0893. The van der Waals surface area contributed by atoms with Gasteiger partial charge in [0.25, 0.3) is 0 Å². The Bertz CT molecular complexity index is 874. The van der Waals surface area contributed by atoms with Gasteiger partial charge in [-0.1, -0.05) is 19.3 Å². The van der Waals surface area contributed by atoms with E-state index in [9.17, 15) is 37.7 Å². The molecule has 198 valence electrons. The van der Waals surface area contributed by atoms with Gasteiger partial charge in [-0.05, 0) is 63.0 Å². The van der Waals surface area contributed by atoms with E-state index in [-0.39, 0.29) is 42.0 Å². The summed E-state index contributed by atoms with van der Waals surface area (Å²) in [5.41, 5.74) is -2.73. The Morgan fingerprint density at radius 2 is 1.77 bits per heavy atom. The van der Waals surface area contributed by atoms with Crippen LogP contribution in [0.25, 0.3) is 0 Å². The van der Waals surface area contributed by atoms with Gasteiger partial charge in [0.1, 0.15) is 11.6 Å². The Morgan fingerprint density at radius 3 is 2.37 bits per heavy atom. The first kappa shape index (κ1) is 27.7. The Labute approximate surface area is 202 Å². The van der Waals surface area contributed by atoms with Gasteiger partial charge in [0.2, 0.25) is 0 Å². The largest absolute Gasteiger partial charge is 0.479 e. The zero-order valence-corrected chi connectivity index (χ0v) is 20.0. The topological polar surface area (TPSA) is 96.2 Å². The van der Waals surface area contributed by atoms with Crippen LogP contribution >= 0.6 is 0 Å². The van der Waals surface area contributed by atoms with E-state index in [1.807, 2.05) is 0 Å². The fourth-order valence-electron chi connectivity index (χ4n) is 5.49. The van der Waals surface area contributed by atoms with Crippen molar-refractivity contribution in [3.05, 3.63) is 29.1 Å². The second-order valence-corrected chi connectivity index (χ2v) is 9.86. The second kappa shape index (κ2) is 11.0. The molecule has 1 aromatic rings. The lowest BCUT2D eigenvalue weighted by Gasteiger charge is -2.45. The van der Waals surface area contributed by atoms with Crippen molar-refractivity contribution < 1.29 is 47.1 Å². The Hall–Kier alpha value is -1.91. The van der Waals surface area contributed by atoms with E-state index >= 15 is 0 Å². The summed E-state index contributed by atoms with van der Waals surface area (Å²) in [6.45, 7) is 1.43. The van der Waals surface area contributed by atoms with Crippen LogP contribution in [0.5, 0.6) is 5.75 Å². The van der Waals surface area contributed by atoms with Crippen molar-refractivity contribution in [3.63, 3.8) is 0 Å². The van der Waals surface area contributed by atoms with Crippen molar-refractivity contribution in [2.24, 2.45) is 11.8 Å². The van der Waals surface area contributed by atoms with E-state index in [1.54, 1.807) is 0 Å². The molecule has 3 N–H and O–H groups in total. The quantitative estimate of drug-likeness (QED) is 0.233. The molecule has 1 fully saturated rings. The molecule has 3 rings (SSSR count). The highest BCUT2D eigenvalue weighted by molar-refractivity contribution is 5.68. The van der Waals surface area contributed by atoms with Crippen LogP contribution in [0.3, 0.4) is 0 Å². The van der Waals surface area contributed by atoms with Crippen molar-refractivity contribution in [2.45, 2.75) is 94.8 Å². The number of fused-ring (bicyclic) bond motifs is 1. The molecule has 0 saturated heterocycles. The van der Waals surface area contributed by atoms with Crippen LogP contribution < -0.4 is 4.74 Å². The molecular weight excluding hydrogens is 472 g/mol. The minimum Gasteiger partial charge on any atom is -0.479 e. The predicted octanol–water partition coefficient (Wildman–Crippen LogP) is 4.46. The van der Waals surface area contributed by atoms with Gasteiger partial charge in [0, 0.05) is 6.42 Å². The number of methoxy groups -OCH3 is 1. The molecule has 0 radical (unpaired) electrons. The fraction of sp³-hybridized carbons (Fsp3) is 0.720. The molecule has 10 heteroatoms. The van der Waals surface area contributed by atoms with E-state index in [2.05, 4.69) is 4.74 Å². The van der Waals surface area contributed by atoms with Gasteiger partial charge < -0.3 is 24.8 Å². The molecule has 1 aliphatic heterocycles. The standard InChI is InChI=1S/C25H34F4O6/c1-24(23-17(26)11-14(25(27,28)29)12-20(23)35-24)21(32)10-9-16-15(18(30)13-19(16)31)7-5-3-4-6-8-22(33)34-2/h11-12,15-16,18-19,21,30-32H,3-10,13H2,1-2H3/t15-,16?,18+,19-,21?,24?/m1/s1. The number of carbonyl (C=O) groups is 1. The molecule has 1 heterocycles. The van der Waals surface area contributed by atoms with Crippen LogP contribution in [0.4, 0.5) is 17.6 Å². The molecule has 0 spiro atoms. The van der Waals surface area contributed by atoms with Crippen LogP contribution in [0.1, 0.15) is 75.8 Å². The first-order chi connectivity index (χ1) is 16.4. The van der Waals surface area contributed by atoms with Gasteiger partial charge in [-0.2, -0.15) is 13.2 Å². The van der Waals surface area contributed by atoms with Crippen LogP contribution in [0, 0.1) is 17.7 Å². The zero-order chi connectivity index (χ0) is 26.0. The van der Waals surface area contributed by atoms with Gasteiger partial charge >= 0.3 is 12.1 Å². The van der Waals surface area contributed by atoms with Crippen molar-refractivity contribution in [1.82, 2.24) is 0 Å². The number of unbranched alkanes of at least 4 members (excludes halogenated alkanes) is 3. The van der Waals surface area contributed by atoms with E-state index < -0.39 is 41.5 Å². The summed E-state index contributed by atoms with van der Waals surface area (Å²) in [6, 6.07) is 1.13. The Balaban J connectivity index is 1.54. The zero-order valence-electron chi connectivity index (χ0n) is 20.0. The number of hydrogen-bond acceptors (Lipinski definition) is 6. The van der Waals surface area contributed by atoms with Crippen molar-refractivity contribution in [2.75, 3.05) is 7.11 Å². The third-order valence-electron chi connectivity index (χ3n) is 7.53.